The molecular weight excluding hydrogens is 426 g/mol. The molecule has 0 amide bonds. The summed E-state index contributed by atoms with van der Waals surface area (Å²) in [5.74, 6) is 0. The second kappa shape index (κ2) is 7.55. The Labute approximate surface area is 208 Å². The Kier molecular flexibility index (Phi) is 4.77. The molecule has 2 heteroatoms. The van der Waals surface area contributed by atoms with Gasteiger partial charge in [-0.15, -0.1) is 0 Å². The minimum absolute atomic E-state index is 0.161. The number of benzene rings is 3. The first-order valence-electron chi connectivity index (χ1n) is 12.7. The molecule has 0 N–H and O–H groups in total. The summed E-state index contributed by atoms with van der Waals surface area (Å²) in [7, 11) is 2.18. The van der Waals surface area contributed by atoms with Crippen LogP contribution in [0.1, 0.15) is 57.2 Å². The quantitative estimate of drug-likeness (QED) is 0.242. The summed E-state index contributed by atoms with van der Waals surface area (Å²) in [6.07, 6.45) is 4.80. The van der Waals surface area contributed by atoms with E-state index in [0.29, 0.717) is 0 Å². The van der Waals surface area contributed by atoms with E-state index >= 15 is 0 Å². The number of fused-ring (bicyclic) bond motifs is 4. The zero-order chi connectivity index (χ0) is 24.5. The van der Waals surface area contributed by atoms with Gasteiger partial charge in [-0.2, -0.15) is 0 Å². The van der Waals surface area contributed by atoms with E-state index in [9.17, 15) is 0 Å². The third-order valence-corrected chi connectivity index (χ3v) is 8.32. The summed E-state index contributed by atoms with van der Waals surface area (Å²) < 4.78 is 8.97. The molecule has 2 aromatic heterocycles. The number of hydrogen-bond donors (Lipinski definition) is 0. The molecule has 1 aliphatic rings. The average Bonchev–Trinajstić information content (AvgIpc) is 3.20. The van der Waals surface area contributed by atoms with Crippen molar-refractivity contribution in [3.05, 3.63) is 89.6 Å². The highest BCUT2D eigenvalue weighted by atomic mass is 16.3. The molecule has 0 spiro atoms. The van der Waals surface area contributed by atoms with Crippen LogP contribution in [0, 0.1) is 6.92 Å². The van der Waals surface area contributed by atoms with E-state index in [4.69, 9.17) is 4.42 Å². The Balaban J connectivity index is 1.60. The van der Waals surface area contributed by atoms with Gasteiger partial charge in [-0.25, -0.2) is 4.57 Å². The monoisotopic (exact) mass is 460 g/mol. The van der Waals surface area contributed by atoms with Gasteiger partial charge in [0.25, 0.3) is 0 Å². The zero-order valence-electron chi connectivity index (χ0n) is 21.7. The Morgan fingerprint density at radius 2 is 1.43 bits per heavy atom. The molecule has 2 nitrogen and oxygen atoms in total. The predicted octanol–water partition coefficient (Wildman–Crippen LogP) is 8.40. The van der Waals surface area contributed by atoms with Gasteiger partial charge in [0, 0.05) is 22.4 Å². The van der Waals surface area contributed by atoms with E-state index in [0.717, 1.165) is 11.2 Å². The van der Waals surface area contributed by atoms with Gasteiger partial charge in [-0.05, 0) is 65.0 Å². The van der Waals surface area contributed by atoms with E-state index in [1.807, 2.05) is 0 Å². The number of furan rings is 1. The fourth-order valence-corrected chi connectivity index (χ4v) is 5.96. The van der Waals surface area contributed by atoms with Gasteiger partial charge in [0.1, 0.15) is 18.2 Å². The molecule has 176 valence electrons. The Morgan fingerprint density at radius 1 is 0.743 bits per heavy atom. The van der Waals surface area contributed by atoms with Crippen molar-refractivity contribution in [3.8, 4) is 22.4 Å². The van der Waals surface area contributed by atoms with Crippen LogP contribution >= 0.6 is 0 Å². The Bertz CT molecular complexity index is 1600. The Hall–Kier alpha value is -3.39. The molecule has 0 bridgehead atoms. The predicted molar refractivity (Wildman–Crippen MR) is 146 cm³/mol. The standard InChI is InChI=1S/C33H34NO/c1-21-12-14-25-24-15-13-23(22-10-8-7-9-11-22)18-29(24)35-31(25)30(21)28-19-26-27(20-34(28)6)33(4,5)17-16-32(26,2)3/h7-15,18-20H,16-17H2,1-6H3/q+1. The van der Waals surface area contributed by atoms with Crippen molar-refractivity contribution in [1.29, 1.82) is 0 Å². The number of aromatic nitrogens is 1. The third kappa shape index (κ3) is 3.42. The van der Waals surface area contributed by atoms with Crippen LogP contribution in [0.15, 0.2) is 77.3 Å². The van der Waals surface area contributed by atoms with Crippen LogP contribution in [-0.4, -0.2) is 0 Å². The smallest absolute Gasteiger partial charge is 0.216 e. The van der Waals surface area contributed by atoms with Crippen molar-refractivity contribution in [3.63, 3.8) is 0 Å². The minimum atomic E-state index is 0.161. The number of hydrogen-bond acceptors (Lipinski definition) is 1. The molecule has 0 fully saturated rings. The van der Waals surface area contributed by atoms with Crippen LogP contribution in [-0.2, 0) is 17.9 Å². The summed E-state index contributed by atoms with van der Waals surface area (Å²) in [6.45, 7) is 11.8. The molecule has 5 aromatic rings. The summed E-state index contributed by atoms with van der Waals surface area (Å²) in [5, 5.41) is 2.35. The van der Waals surface area contributed by atoms with E-state index in [1.165, 1.54) is 62.7 Å². The lowest BCUT2D eigenvalue weighted by Gasteiger charge is -2.40. The van der Waals surface area contributed by atoms with Crippen molar-refractivity contribution in [1.82, 2.24) is 0 Å². The normalized spacial score (nSPS) is 16.5. The lowest BCUT2D eigenvalue weighted by atomic mass is 9.63. The molecule has 3 aromatic carbocycles. The van der Waals surface area contributed by atoms with E-state index in [1.54, 1.807) is 0 Å². The minimum Gasteiger partial charge on any atom is -0.455 e. The molecular formula is C33H34NO+. The van der Waals surface area contributed by atoms with Gasteiger partial charge < -0.3 is 4.42 Å². The van der Waals surface area contributed by atoms with Crippen molar-refractivity contribution in [2.45, 2.75) is 58.3 Å². The van der Waals surface area contributed by atoms with Crippen molar-refractivity contribution in [2.24, 2.45) is 7.05 Å². The summed E-state index contributed by atoms with van der Waals surface area (Å²) in [4.78, 5) is 0. The fraction of sp³-hybridized carbons (Fsp3) is 0.303. The van der Waals surface area contributed by atoms with Gasteiger partial charge in [0.15, 0.2) is 6.20 Å². The van der Waals surface area contributed by atoms with Crippen LogP contribution in [0.4, 0.5) is 0 Å². The van der Waals surface area contributed by atoms with Crippen LogP contribution in [0.3, 0.4) is 0 Å². The molecule has 1 aliphatic carbocycles. The maximum Gasteiger partial charge on any atom is 0.216 e. The molecule has 0 aliphatic heterocycles. The molecule has 6 rings (SSSR count). The first-order chi connectivity index (χ1) is 16.7. The Morgan fingerprint density at radius 3 is 2.17 bits per heavy atom. The highest BCUT2D eigenvalue weighted by Crippen LogP contribution is 2.47. The summed E-state index contributed by atoms with van der Waals surface area (Å²) in [6, 6.07) is 24.0. The average molecular weight is 461 g/mol. The van der Waals surface area contributed by atoms with Gasteiger partial charge in [-0.1, -0.05) is 76.2 Å². The highest BCUT2D eigenvalue weighted by Gasteiger charge is 2.40. The number of pyridine rings is 1. The highest BCUT2D eigenvalue weighted by molar-refractivity contribution is 6.10. The van der Waals surface area contributed by atoms with Gasteiger partial charge >= 0.3 is 0 Å². The summed E-state index contributed by atoms with van der Waals surface area (Å²) in [5.41, 5.74) is 11.3. The second-order valence-corrected chi connectivity index (χ2v) is 11.7. The van der Waals surface area contributed by atoms with Gasteiger partial charge in [0.2, 0.25) is 5.69 Å². The van der Waals surface area contributed by atoms with E-state index in [-0.39, 0.29) is 10.8 Å². The van der Waals surface area contributed by atoms with Crippen molar-refractivity contribution in [2.75, 3.05) is 0 Å². The lowest BCUT2D eigenvalue weighted by molar-refractivity contribution is -0.661. The fourth-order valence-electron chi connectivity index (χ4n) is 5.96. The molecule has 2 heterocycles. The van der Waals surface area contributed by atoms with Crippen molar-refractivity contribution >= 4 is 21.9 Å². The number of nitrogens with zero attached hydrogens (tertiary/aromatic N) is 1. The maximum atomic E-state index is 6.66. The van der Waals surface area contributed by atoms with E-state index < -0.39 is 0 Å². The molecule has 0 radical (unpaired) electrons. The van der Waals surface area contributed by atoms with Crippen molar-refractivity contribution < 1.29 is 8.98 Å². The molecule has 0 saturated carbocycles. The summed E-state index contributed by atoms with van der Waals surface area (Å²) >= 11 is 0. The first-order valence-corrected chi connectivity index (χ1v) is 12.7. The third-order valence-electron chi connectivity index (χ3n) is 8.32. The van der Waals surface area contributed by atoms with Crippen LogP contribution in [0.25, 0.3) is 44.3 Å². The largest absolute Gasteiger partial charge is 0.455 e. The number of rotatable bonds is 2. The number of aryl methyl sites for hydroxylation is 2. The van der Waals surface area contributed by atoms with Crippen LogP contribution in [0.5, 0.6) is 0 Å². The molecule has 0 atom stereocenters. The second-order valence-electron chi connectivity index (χ2n) is 11.7. The maximum absolute atomic E-state index is 6.66. The molecule has 35 heavy (non-hydrogen) atoms. The van der Waals surface area contributed by atoms with E-state index in [2.05, 4.69) is 119 Å². The topological polar surface area (TPSA) is 17.0 Å². The molecule has 0 unspecified atom stereocenters. The first kappa shape index (κ1) is 22.1. The van der Waals surface area contributed by atoms with Gasteiger partial charge in [-0.3, -0.25) is 0 Å². The lowest BCUT2D eigenvalue weighted by Crippen LogP contribution is -2.40. The van der Waals surface area contributed by atoms with Gasteiger partial charge in [0.05, 0.1) is 5.56 Å². The van der Waals surface area contributed by atoms with Crippen LogP contribution in [0.2, 0.25) is 0 Å². The molecule has 0 saturated heterocycles. The zero-order valence-corrected chi connectivity index (χ0v) is 21.7. The SMILES string of the molecule is Cc1ccc2c(oc3cc(-c4ccccc4)ccc32)c1-c1cc2c(c[n+]1C)C(C)(C)CCC2(C)C. The van der Waals surface area contributed by atoms with Crippen LogP contribution < -0.4 is 4.57 Å².